The van der Waals surface area contributed by atoms with Gasteiger partial charge in [-0.1, -0.05) is 6.07 Å². The molecule has 6 nitrogen and oxygen atoms in total. The van der Waals surface area contributed by atoms with Gasteiger partial charge in [-0.15, -0.1) is 0 Å². The van der Waals surface area contributed by atoms with Crippen LogP contribution in [0.25, 0.3) is 6.08 Å². The molecule has 2 heterocycles. The second-order valence-electron chi connectivity index (χ2n) is 4.33. The van der Waals surface area contributed by atoms with E-state index in [1.165, 1.54) is 6.08 Å². The Morgan fingerprint density at radius 3 is 2.90 bits per heavy atom. The summed E-state index contributed by atoms with van der Waals surface area (Å²) in [6.07, 6.45) is 2.47. The summed E-state index contributed by atoms with van der Waals surface area (Å²) in [6, 6.07) is 5.32. The van der Waals surface area contributed by atoms with Crippen LogP contribution in [0.2, 0.25) is 0 Å². The van der Waals surface area contributed by atoms with Crippen molar-refractivity contribution in [1.82, 2.24) is 0 Å². The van der Waals surface area contributed by atoms with Crippen LogP contribution in [0.1, 0.15) is 12.0 Å². The molecule has 1 atom stereocenters. The monoisotopic (exact) mass is 276 g/mol. The van der Waals surface area contributed by atoms with Crippen LogP contribution < -0.4 is 9.47 Å². The minimum absolute atomic E-state index is 0.203. The first-order valence-electron chi connectivity index (χ1n) is 6.17. The molecule has 1 saturated heterocycles. The van der Waals surface area contributed by atoms with Gasteiger partial charge in [-0.3, -0.25) is 0 Å². The molecule has 0 saturated carbocycles. The molecule has 0 aromatic heterocycles. The third-order valence-electron chi connectivity index (χ3n) is 2.95. The topological polar surface area (TPSA) is 71.1 Å². The molecule has 2 aliphatic heterocycles. The second kappa shape index (κ2) is 5.24. The highest BCUT2D eigenvalue weighted by atomic mass is 16.7. The molecule has 2 aliphatic rings. The van der Waals surface area contributed by atoms with Gasteiger partial charge in [0.15, 0.2) is 11.5 Å². The van der Waals surface area contributed by atoms with Crippen molar-refractivity contribution >= 4 is 18.0 Å². The number of hydrogen-bond acceptors (Lipinski definition) is 6. The molecule has 6 heteroatoms. The van der Waals surface area contributed by atoms with Crippen LogP contribution in [-0.4, -0.2) is 31.4 Å². The van der Waals surface area contributed by atoms with Gasteiger partial charge >= 0.3 is 11.9 Å². The molecule has 104 valence electrons. The Kier molecular flexibility index (Phi) is 3.28. The lowest BCUT2D eigenvalue weighted by Crippen LogP contribution is -2.21. The van der Waals surface area contributed by atoms with E-state index in [1.807, 2.05) is 0 Å². The van der Waals surface area contributed by atoms with Gasteiger partial charge in [0, 0.05) is 12.5 Å². The van der Waals surface area contributed by atoms with Gasteiger partial charge in [0.1, 0.15) is 0 Å². The minimum Gasteiger partial charge on any atom is -0.463 e. The van der Waals surface area contributed by atoms with E-state index in [2.05, 4.69) is 0 Å². The molecule has 20 heavy (non-hydrogen) atoms. The average molecular weight is 276 g/mol. The van der Waals surface area contributed by atoms with Gasteiger partial charge in [0.25, 0.3) is 0 Å². The van der Waals surface area contributed by atoms with Gasteiger partial charge < -0.3 is 18.9 Å². The lowest BCUT2D eigenvalue weighted by molar-refractivity contribution is -0.156. The molecule has 0 aliphatic carbocycles. The van der Waals surface area contributed by atoms with Gasteiger partial charge in [-0.05, 0) is 23.8 Å². The Morgan fingerprint density at radius 2 is 2.10 bits per heavy atom. The van der Waals surface area contributed by atoms with Crippen LogP contribution in [0.5, 0.6) is 11.5 Å². The predicted molar refractivity (Wildman–Crippen MR) is 67.1 cm³/mol. The lowest BCUT2D eigenvalue weighted by Gasteiger charge is -2.05. The minimum atomic E-state index is -0.788. The summed E-state index contributed by atoms with van der Waals surface area (Å²) < 4.78 is 20.1. The number of benzene rings is 1. The molecule has 0 radical (unpaired) electrons. The first-order chi connectivity index (χ1) is 9.72. The van der Waals surface area contributed by atoms with E-state index in [9.17, 15) is 9.59 Å². The second-order valence-corrected chi connectivity index (χ2v) is 4.33. The highest BCUT2D eigenvalue weighted by Gasteiger charge is 2.29. The van der Waals surface area contributed by atoms with E-state index in [0.29, 0.717) is 24.5 Å². The number of rotatable bonds is 3. The highest BCUT2D eigenvalue weighted by Crippen LogP contribution is 2.32. The first kappa shape index (κ1) is 12.5. The van der Waals surface area contributed by atoms with E-state index in [0.717, 1.165) is 5.56 Å². The molecule has 0 N–H and O–H groups in total. The standard InChI is InChI=1S/C14H12O6/c15-13(20-11-5-6-17-14(11)16)4-2-9-1-3-10-12(7-9)19-8-18-10/h1-4,7,11H,5-6,8H2/b4-2+/t11-/m0/s1. The van der Waals surface area contributed by atoms with Crippen molar-refractivity contribution in [2.75, 3.05) is 13.4 Å². The molecule has 1 aromatic rings. The van der Waals surface area contributed by atoms with Crippen LogP contribution in [0, 0.1) is 0 Å². The predicted octanol–water partition coefficient (Wildman–Crippen LogP) is 1.29. The van der Waals surface area contributed by atoms with Crippen LogP contribution in [0.3, 0.4) is 0 Å². The number of carbonyl (C=O) groups excluding carboxylic acids is 2. The smallest absolute Gasteiger partial charge is 0.347 e. The number of ether oxygens (including phenoxy) is 4. The number of fused-ring (bicyclic) bond motifs is 1. The maximum atomic E-state index is 11.6. The Hall–Kier alpha value is -2.50. The fraction of sp³-hybridized carbons (Fsp3) is 0.286. The van der Waals surface area contributed by atoms with Gasteiger partial charge in [-0.25, -0.2) is 9.59 Å². The zero-order valence-corrected chi connectivity index (χ0v) is 10.5. The molecule has 0 unspecified atom stereocenters. The number of carbonyl (C=O) groups is 2. The van der Waals surface area contributed by atoms with E-state index in [1.54, 1.807) is 24.3 Å². The van der Waals surface area contributed by atoms with Crippen molar-refractivity contribution in [2.24, 2.45) is 0 Å². The Morgan fingerprint density at radius 1 is 1.25 bits per heavy atom. The van der Waals surface area contributed by atoms with Crippen molar-refractivity contribution < 1.29 is 28.5 Å². The molecular formula is C14H12O6. The molecule has 3 rings (SSSR count). The fourth-order valence-electron chi connectivity index (χ4n) is 1.94. The molecular weight excluding hydrogens is 264 g/mol. The maximum absolute atomic E-state index is 11.6. The van der Waals surface area contributed by atoms with Crippen LogP contribution in [-0.2, 0) is 19.1 Å². The summed E-state index contributed by atoms with van der Waals surface area (Å²) in [7, 11) is 0. The summed E-state index contributed by atoms with van der Waals surface area (Å²) >= 11 is 0. The Balaban J connectivity index is 1.62. The largest absolute Gasteiger partial charge is 0.463 e. The van der Waals surface area contributed by atoms with E-state index >= 15 is 0 Å². The zero-order chi connectivity index (χ0) is 13.9. The normalized spacial score (nSPS) is 20.2. The van der Waals surface area contributed by atoms with E-state index in [4.69, 9.17) is 18.9 Å². The maximum Gasteiger partial charge on any atom is 0.347 e. The molecule has 0 spiro atoms. The summed E-state index contributed by atoms with van der Waals surface area (Å²) in [5.41, 5.74) is 0.778. The lowest BCUT2D eigenvalue weighted by atomic mass is 10.2. The van der Waals surface area contributed by atoms with Crippen molar-refractivity contribution in [3.8, 4) is 11.5 Å². The van der Waals surface area contributed by atoms with Gasteiger partial charge in [0.2, 0.25) is 12.9 Å². The van der Waals surface area contributed by atoms with Gasteiger partial charge in [-0.2, -0.15) is 0 Å². The SMILES string of the molecule is O=C(/C=C/c1ccc2c(c1)OCO2)O[C@H]1CCOC1=O. The summed E-state index contributed by atoms with van der Waals surface area (Å²) in [5, 5.41) is 0. The molecule has 1 aromatic carbocycles. The third-order valence-corrected chi connectivity index (χ3v) is 2.95. The Labute approximate surface area is 114 Å². The van der Waals surface area contributed by atoms with E-state index in [-0.39, 0.29) is 6.79 Å². The average Bonchev–Trinajstić information content (AvgIpc) is 3.05. The summed E-state index contributed by atoms with van der Waals surface area (Å²) in [4.78, 5) is 22.7. The third kappa shape index (κ3) is 2.59. The Bertz CT molecular complexity index is 577. The van der Waals surface area contributed by atoms with Gasteiger partial charge in [0.05, 0.1) is 6.61 Å². The zero-order valence-electron chi connectivity index (χ0n) is 10.5. The highest BCUT2D eigenvalue weighted by molar-refractivity contribution is 5.89. The number of esters is 2. The van der Waals surface area contributed by atoms with E-state index < -0.39 is 18.0 Å². The molecule has 0 bridgehead atoms. The number of hydrogen-bond donors (Lipinski definition) is 0. The van der Waals surface area contributed by atoms with Crippen molar-refractivity contribution in [3.05, 3.63) is 29.8 Å². The summed E-state index contributed by atoms with van der Waals surface area (Å²) in [6.45, 7) is 0.497. The van der Waals surface area contributed by atoms with Crippen LogP contribution in [0.4, 0.5) is 0 Å². The van der Waals surface area contributed by atoms with Crippen molar-refractivity contribution in [2.45, 2.75) is 12.5 Å². The van der Waals surface area contributed by atoms with Crippen LogP contribution >= 0.6 is 0 Å². The molecule has 0 amide bonds. The quantitative estimate of drug-likeness (QED) is 0.612. The summed E-state index contributed by atoms with van der Waals surface area (Å²) in [5.74, 6) is 0.250. The first-order valence-corrected chi connectivity index (χ1v) is 6.17. The fourth-order valence-corrected chi connectivity index (χ4v) is 1.94. The van der Waals surface area contributed by atoms with Crippen LogP contribution in [0.15, 0.2) is 24.3 Å². The van der Waals surface area contributed by atoms with Crippen molar-refractivity contribution in [3.63, 3.8) is 0 Å². The number of cyclic esters (lactones) is 1. The van der Waals surface area contributed by atoms with Crippen molar-refractivity contribution in [1.29, 1.82) is 0 Å². The molecule has 1 fully saturated rings.